The van der Waals surface area contributed by atoms with E-state index in [1.165, 1.54) is 0 Å². The number of hydrogen-bond acceptors (Lipinski definition) is 7. The molecule has 0 bridgehead atoms. The molecule has 7 nitrogen and oxygen atoms in total. The standard InChI is InChI=1S/C17H20N4O3S/c22-15(12-24-16(23)3-2-14-4-11-25-13-14)20-7-9-21(10-8-20)17-18-5-1-6-19-17/h1,4-6,11,13H,2-3,7-10,12H2. The third kappa shape index (κ3) is 4.99. The number of aromatic nitrogens is 2. The van der Waals surface area contributed by atoms with E-state index >= 15 is 0 Å². The monoisotopic (exact) mass is 360 g/mol. The van der Waals surface area contributed by atoms with Gasteiger partial charge in [0, 0.05) is 45.0 Å². The van der Waals surface area contributed by atoms with Gasteiger partial charge in [0.15, 0.2) is 6.61 Å². The topological polar surface area (TPSA) is 75.6 Å². The van der Waals surface area contributed by atoms with Gasteiger partial charge in [-0.3, -0.25) is 9.59 Å². The summed E-state index contributed by atoms with van der Waals surface area (Å²) in [6, 6.07) is 3.76. The number of aryl methyl sites for hydroxylation is 1. The number of piperazine rings is 1. The van der Waals surface area contributed by atoms with Crippen LogP contribution in [0.15, 0.2) is 35.3 Å². The third-order valence-electron chi connectivity index (χ3n) is 4.02. The van der Waals surface area contributed by atoms with Gasteiger partial charge in [0.1, 0.15) is 0 Å². The summed E-state index contributed by atoms with van der Waals surface area (Å²) >= 11 is 1.60. The fourth-order valence-electron chi connectivity index (χ4n) is 2.60. The van der Waals surface area contributed by atoms with Crippen molar-refractivity contribution in [2.75, 3.05) is 37.7 Å². The Labute approximate surface area is 150 Å². The second-order valence-corrected chi connectivity index (χ2v) is 6.49. The van der Waals surface area contributed by atoms with Crippen LogP contribution in [-0.2, 0) is 20.7 Å². The maximum absolute atomic E-state index is 12.2. The molecule has 0 aromatic carbocycles. The zero-order valence-electron chi connectivity index (χ0n) is 13.8. The smallest absolute Gasteiger partial charge is 0.306 e. The number of ether oxygens (including phenoxy) is 1. The minimum Gasteiger partial charge on any atom is -0.456 e. The molecule has 2 aromatic heterocycles. The normalized spacial score (nSPS) is 14.4. The van der Waals surface area contributed by atoms with Gasteiger partial charge < -0.3 is 14.5 Å². The largest absolute Gasteiger partial charge is 0.456 e. The average molecular weight is 360 g/mol. The maximum atomic E-state index is 12.2. The molecule has 3 heterocycles. The fraction of sp³-hybridized carbons (Fsp3) is 0.412. The summed E-state index contributed by atoms with van der Waals surface area (Å²) in [5.41, 5.74) is 1.12. The van der Waals surface area contributed by atoms with Crippen molar-refractivity contribution in [3.8, 4) is 0 Å². The summed E-state index contributed by atoms with van der Waals surface area (Å²) in [4.78, 5) is 36.1. The summed E-state index contributed by atoms with van der Waals surface area (Å²) in [6.45, 7) is 2.29. The van der Waals surface area contributed by atoms with Gasteiger partial charge in [-0.1, -0.05) is 0 Å². The summed E-state index contributed by atoms with van der Waals surface area (Å²) in [6.07, 6.45) is 4.35. The highest BCUT2D eigenvalue weighted by Gasteiger charge is 2.23. The van der Waals surface area contributed by atoms with Crippen molar-refractivity contribution >= 4 is 29.2 Å². The molecule has 2 aromatic rings. The summed E-state index contributed by atoms with van der Waals surface area (Å²) in [5, 5.41) is 3.98. The van der Waals surface area contributed by atoms with E-state index in [1.807, 2.05) is 21.7 Å². The Bertz CT molecular complexity index is 685. The first-order chi connectivity index (χ1) is 12.2. The quantitative estimate of drug-likeness (QED) is 0.724. The van der Waals surface area contributed by atoms with Crippen LogP contribution in [0.5, 0.6) is 0 Å². The lowest BCUT2D eigenvalue weighted by Gasteiger charge is -2.34. The van der Waals surface area contributed by atoms with Crippen molar-refractivity contribution in [1.82, 2.24) is 14.9 Å². The van der Waals surface area contributed by atoms with Crippen molar-refractivity contribution in [2.45, 2.75) is 12.8 Å². The lowest BCUT2D eigenvalue weighted by molar-refractivity contribution is -0.152. The molecule has 1 fully saturated rings. The number of anilines is 1. The van der Waals surface area contributed by atoms with Gasteiger partial charge in [-0.05, 0) is 34.9 Å². The first-order valence-corrected chi connectivity index (χ1v) is 9.13. The number of esters is 1. The van der Waals surface area contributed by atoms with E-state index < -0.39 is 0 Å². The van der Waals surface area contributed by atoms with E-state index in [0.29, 0.717) is 45.0 Å². The summed E-state index contributed by atoms with van der Waals surface area (Å²) in [7, 11) is 0. The van der Waals surface area contributed by atoms with E-state index in [9.17, 15) is 9.59 Å². The number of thiophene rings is 1. The number of carbonyl (C=O) groups is 2. The Balaban J connectivity index is 1.37. The SMILES string of the molecule is O=C(CCc1ccsc1)OCC(=O)N1CCN(c2ncccn2)CC1. The van der Waals surface area contributed by atoms with Crippen molar-refractivity contribution < 1.29 is 14.3 Å². The molecule has 3 rings (SSSR count). The molecule has 0 unspecified atom stereocenters. The number of hydrogen-bond donors (Lipinski definition) is 0. The van der Waals surface area contributed by atoms with Gasteiger partial charge in [-0.2, -0.15) is 11.3 Å². The minimum atomic E-state index is -0.337. The number of rotatable bonds is 6. The Kier molecular flexibility index (Phi) is 5.95. The second-order valence-electron chi connectivity index (χ2n) is 5.71. The van der Waals surface area contributed by atoms with Gasteiger partial charge in [-0.25, -0.2) is 9.97 Å². The van der Waals surface area contributed by atoms with Crippen LogP contribution >= 0.6 is 11.3 Å². The van der Waals surface area contributed by atoms with E-state index in [4.69, 9.17) is 4.74 Å². The molecule has 1 aliphatic heterocycles. The molecular formula is C17H20N4O3S. The Hall–Kier alpha value is -2.48. The molecule has 1 aliphatic rings. The Morgan fingerprint density at radius 2 is 1.92 bits per heavy atom. The molecule has 0 saturated carbocycles. The van der Waals surface area contributed by atoms with Crippen LogP contribution in [0.2, 0.25) is 0 Å². The van der Waals surface area contributed by atoms with Gasteiger partial charge in [0.25, 0.3) is 5.91 Å². The first kappa shape index (κ1) is 17.3. The van der Waals surface area contributed by atoms with Gasteiger partial charge in [-0.15, -0.1) is 0 Å². The van der Waals surface area contributed by atoms with E-state index in [1.54, 1.807) is 34.7 Å². The number of nitrogens with zero attached hydrogens (tertiary/aromatic N) is 4. The van der Waals surface area contributed by atoms with Crippen LogP contribution in [0.4, 0.5) is 5.95 Å². The molecular weight excluding hydrogens is 340 g/mol. The fourth-order valence-corrected chi connectivity index (χ4v) is 3.30. The molecule has 8 heteroatoms. The van der Waals surface area contributed by atoms with E-state index in [2.05, 4.69) is 9.97 Å². The predicted molar refractivity (Wildman–Crippen MR) is 94.4 cm³/mol. The van der Waals surface area contributed by atoms with Crippen molar-refractivity contribution in [1.29, 1.82) is 0 Å². The molecule has 0 N–H and O–H groups in total. The second kappa shape index (κ2) is 8.57. The van der Waals surface area contributed by atoms with Gasteiger partial charge in [0.2, 0.25) is 5.95 Å². The zero-order valence-corrected chi connectivity index (χ0v) is 14.7. The Morgan fingerprint density at radius 3 is 2.60 bits per heavy atom. The highest BCUT2D eigenvalue weighted by atomic mass is 32.1. The summed E-state index contributed by atoms with van der Waals surface area (Å²) in [5.74, 6) is 0.183. The van der Waals surface area contributed by atoms with Crippen molar-refractivity contribution in [3.05, 3.63) is 40.8 Å². The molecule has 0 aliphatic carbocycles. The van der Waals surface area contributed by atoms with Crippen LogP contribution < -0.4 is 4.90 Å². The molecule has 0 spiro atoms. The Morgan fingerprint density at radius 1 is 1.16 bits per heavy atom. The van der Waals surface area contributed by atoms with Crippen LogP contribution in [0, 0.1) is 0 Å². The minimum absolute atomic E-state index is 0.155. The maximum Gasteiger partial charge on any atom is 0.306 e. The molecule has 0 atom stereocenters. The lowest BCUT2D eigenvalue weighted by atomic mass is 10.2. The van der Waals surface area contributed by atoms with Crippen molar-refractivity contribution in [2.24, 2.45) is 0 Å². The summed E-state index contributed by atoms with van der Waals surface area (Å²) < 4.78 is 5.10. The highest BCUT2D eigenvalue weighted by molar-refractivity contribution is 7.07. The average Bonchev–Trinajstić information content (AvgIpc) is 3.19. The van der Waals surface area contributed by atoms with Crippen LogP contribution in [-0.4, -0.2) is 59.5 Å². The first-order valence-electron chi connectivity index (χ1n) is 8.19. The number of amides is 1. The van der Waals surface area contributed by atoms with Crippen molar-refractivity contribution in [3.63, 3.8) is 0 Å². The predicted octanol–water partition coefficient (Wildman–Crippen LogP) is 1.36. The zero-order chi connectivity index (χ0) is 17.5. The van der Waals surface area contributed by atoms with E-state index in [-0.39, 0.29) is 18.5 Å². The number of carbonyl (C=O) groups excluding carboxylic acids is 2. The van der Waals surface area contributed by atoms with E-state index in [0.717, 1.165) is 5.56 Å². The van der Waals surface area contributed by atoms with Gasteiger partial charge >= 0.3 is 5.97 Å². The molecule has 1 amide bonds. The highest BCUT2D eigenvalue weighted by Crippen LogP contribution is 2.11. The third-order valence-corrected chi connectivity index (χ3v) is 4.75. The molecule has 132 valence electrons. The lowest BCUT2D eigenvalue weighted by Crippen LogP contribution is -2.50. The van der Waals surface area contributed by atoms with Crippen LogP contribution in [0.1, 0.15) is 12.0 Å². The van der Waals surface area contributed by atoms with Crippen LogP contribution in [0.25, 0.3) is 0 Å². The molecule has 0 radical (unpaired) electrons. The molecule has 1 saturated heterocycles. The van der Waals surface area contributed by atoms with Gasteiger partial charge in [0.05, 0.1) is 0 Å². The molecule has 25 heavy (non-hydrogen) atoms. The van der Waals surface area contributed by atoms with Crippen LogP contribution in [0.3, 0.4) is 0 Å².